The summed E-state index contributed by atoms with van der Waals surface area (Å²) in [6.45, 7) is 2.03. The van der Waals surface area contributed by atoms with E-state index in [1.165, 1.54) is 17.7 Å². The molecule has 0 bridgehead atoms. The van der Waals surface area contributed by atoms with Gasteiger partial charge in [-0.25, -0.2) is 9.66 Å². The molecule has 0 fully saturated rings. The van der Waals surface area contributed by atoms with Gasteiger partial charge in [0.05, 0.1) is 5.39 Å². The van der Waals surface area contributed by atoms with E-state index >= 15 is 0 Å². The molecule has 1 amide bonds. The predicted octanol–water partition coefficient (Wildman–Crippen LogP) is 2.47. The van der Waals surface area contributed by atoms with Gasteiger partial charge >= 0.3 is 0 Å². The van der Waals surface area contributed by atoms with Crippen LogP contribution in [0.1, 0.15) is 22.2 Å². The number of benzene rings is 1. The second kappa shape index (κ2) is 6.45. The summed E-state index contributed by atoms with van der Waals surface area (Å²) >= 11 is 1.50. The molecule has 2 heterocycles. The van der Waals surface area contributed by atoms with Crippen LogP contribution in [-0.4, -0.2) is 29.7 Å². The van der Waals surface area contributed by atoms with Crippen LogP contribution in [0.15, 0.2) is 41.5 Å². The van der Waals surface area contributed by atoms with Crippen molar-refractivity contribution in [2.75, 3.05) is 24.4 Å². The van der Waals surface area contributed by atoms with Crippen LogP contribution >= 0.6 is 11.3 Å². The maximum absolute atomic E-state index is 12.5. The van der Waals surface area contributed by atoms with Gasteiger partial charge in [-0.1, -0.05) is 13.0 Å². The molecule has 0 spiro atoms. The van der Waals surface area contributed by atoms with Crippen molar-refractivity contribution in [1.29, 1.82) is 0 Å². The fraction of sp³-hybridized carbons (Fsp3) is 0.235. The summed E-state index contributed by atoms with van der Waals surface area (Å²) in [4.78, 5) is 32.9. The van der Waals surface area contributed by atoms with E-state index in [1.807, 2.05) is 38.1 Å². The quantitative estimate of drug-likeness (QED) is 0.791. The maximum atomic E-state index is 12.5. The Bertz CT molecular complexity index is 959. The molecule has 3 aromatic rings. The lowest BCUT2D eigenvalue weighted by atomic mass is 10.2. The average Bonchev–Trinajstić information content (AvgIpc) is 3.01. The van der Waals surface area contributed by atoms with E-state index in [2.05, 4.69) is 10.4 Å². The number of aryl methyl sites for hydroxylation is 1. The van der Waals surface area contributed by atoms with Crippen molar-refractivity contribution in [2.24, 2.45) is 0 Å². The van der Waals surface area contributed by atoms with Crippen LogP contribution in [0.3, 0.4) is 0 Å². The third-order valence-electron chi connectivity index (χ3n) is 3.70. The SMILES string of the molecule is CCc1cc2c(=O)n(NC(=O)c3cccc(N(C)C)c3)cnc2s1. The second-order valence-electron chi connectivity index (χ2n) is 5.59. The van der Waals surface area contributed by atoms with Crippen molar-refractivity contribution < 1.29 is 4.79 Å². The Hall–Kier alpha value is -2.67. The van der Waals surface area contributed by atoms with E-state index in [0.717, 1.165) is 21.7 Å². The highest BCUT2D eigenvalue weighted by molar-refractivity contribution is 7.18. The van der Waals surface area contributed by atoms with Gasteiger partial charge in [0, 0.05) is 30.2 Å². The molecule has 3 rings (SSSR count). The Morgan fingerprint density at radius 1 is 1.33 bits per heavy atom. The van der Waals surface area contributed by atoms with Gasteiger partial charge in [-0.3, -0.25) is 15.0 Å². The van der Waals surface area contributed by atoms with Gasteiger partial charge in [-0.15, -0.1) is 11.3 Å². The summed E-state index contributed by atoms with van der Waals surface area (Å²) in [5.41, 5.74) is 3.72. The molecule has 7 heteroatoms. The number of fused-ring (bicyclic) bond motifs is 1. The topological polar surface area (TPSA) is 67.2 Å². The second-order valence-corrected chi connectivity index (χ2v) is 6.71. The van der Waals surface area contributed by atoms with E-state index in [4.69, 9.17) is 0 Å². The number of nitrogens with one attached hydrogen (secondary N) is 1. The minimum absolute atomic E-state index is 0.270. The number of carbonyl (C=O) groups excluding carboxylic acids is 1. The first-order valence-electron chi connectivity index (χ1n) is 7.58. The molecular weight excluding hydrogens is 324 g/mol. The van der Waals surface area contributed by atoms with Crippen LogP contribution in [0.4, 0.5) is 5.69 Å². The molecule has 0 radical (unpaired) electrons. The predicted molar refractivity (Wildman–Crippen MR) is 97.7 cm³/mol. The van der Waals surface area contributed by atoms with Crippen LogP contribution in [-0.2, 0) is 6.42 Å². The smallest absolute Gasteiger partial charge is 0.280 e. The van der Waals surface area contributed by atoms with Gasteiger partial charge in [-0.05, 0) is 30.7 Å². The van der Waals surface area contributed by atoms with Crippen LogP contribution in [0.25, 0.3) is 10.2 Å². The summed E-state index contributed by atoms with van der Waals surface area (Å²) in [7, 11) is 3.81. The molecule has 0 aliphatic rings. The van der Waals surface area contributed by atoms with E-state index in [9.17, 15) is 9.59 Å². The molecule has 1 aromatic carbocycles. The monoisotopic (exact) mass is 342 g/mol. The number of anilines is 1. The molecule has 0 atom stereocenters. The van der Waals surface area contributed by atoms with E-state index < -0.39 is 0 Å². The zero-order chi connectivity index (χ0) is 17.3. The third kappa shape index (κ3) is 3.03. The summed E-state index contributed by atoms with van der Waals surface area (Å²) in [5.74, 6) is -0.354. The van der Waals surface area contributed by atoms with Gasteiger partial charge in [0.2, 0.25) is 0 Å². The van der Waals surface area contributed by atoms with Crippen LogP contribution < -0.4 is 15.9 Å². The number of rotatable bonds is 4. The molecule has 0 saturated carbocycles. The van der Waals surface area contributed by atoms with Gasteiger partial charge in [0.25, 0.3) is 11.5 Å². The van der Waals surface area contributed by atoms with Gasteiger partial charge < -0.3 is 4.90 Å². The van der Waals surface area contributed by atoms with E-state index in [1.54, 1.807) is 18.2 Å². The van der Waals surface area contributed by atoms with Crippen molar-refractivity contribution in [1.82, 2.24) is 9.66 Å². The molecule has 6 nitrogen and oxygen atoms in total. The first-order chi connectivity index (χ1) is 11.5. The Morgan fingerprint density at radius 3 is 2.83 bits per heavy atom. The minimum atomic E-state index is -0.354. The largest absolute Gasteiger partial charge is 0.378 e. The first-order valence-corrected chi connectivity index (χ1v) is 8.40. The van der Waals surface area contributed by atoms with Crippen LogP contribution in [0, 0.1) is 0 Å². The molecular formula is C17H18N4O2S. The number of amides is 1. The van der Waals surface area contributed by atoms with E-state index in [0.29, 0.717) is 15.8 Å². The van der Waals surface area contributed by atoms with Gasteiger partial charge in [0.1, 0.15) is 11.2 Å². The molecule has 2 aromatic heterocycles. The minimum Gasteiger partial charge on any atom is -0.378 e. The summed E-state index contributed by atoms with van der Waals surface area (Å²) in [5, 5.41) is 0.529. The number of hydrogen-bond acceptors (Lipinski definition) is 5. The lowest BCUT2D eigenvalue weighted by molar-refractivity contribution is 0.101. The zero-order valence-corrected chi connectivity index (χ0v) is 14.6. The highest BCUT2D eigenvalue weighted by Gasteiger charge is 2.12. The third-order valence-corrected chi connectivity index (χ3v) is 4.89. The number of thiophene rings is 1. The lowest BCUT2D eigenvalue weighted by Gasteiger charge is -2.13. The number of nitrogens with zero attached hydrogens (tertiary/aromatic N) is 3. The molecule has 1 N–H and O–H groups in total. The van der Waals surface area contributed by atoms with Crippen molar-refractivity contribution in [3.63, 3.8) is 0 Å². The fourth-order valence-corrected chi connectivity index (χ4v) is 3.25. The number of hydrogen-bond donors (Lipinski definition) is 1. The van der Waals surface area contributed by atoms with Crippen LogP contribution in [0.5, 0.6) is 0 Å². The summed E-state index contributed by atoms with van der Waals surface area (Å²) in [6, 6.07) is 9.03. The van der Waals surface area contributed by atoms with Gasteiger partial charge in [-0.2, -0.15) is 0 Å². The average molecular weight is 342 g/mol. The van der Waals surface area contributed by atoms with Crippen molar-refractivity contribution in [2.45, 2.75) is 13.3 Å². The van der Waals surface area contributed by atoms with Crippen molar-refractivity contribution >= 4 is 33.1 Å². The molecule has 24 heavy (non-hydrogen) atoms. The lowest BCUT2D eigenvalue weighted by Crippen LogP contribution is -2.33. The standard InChI is InChI=1S/C17H18N4O2S/c1-4-13-9-14-16(24-13)18-10-21(17(14)23)19-15(22)11-6-5-7-12(8-11)20(2)3/h5-10H,4H2,1-3H3,(H,19,22). The Labute approximate surface area is 143 Å². The molecule has 0 saturated heterocycles. The fourth-order valence-electron chi connectivity index (χ4n) is 2.33. The zero-order valence-electron chi connectivity index (χ0n) is 13.7. The highest BCUT2D eigenvalue weighted by atomic mass is 32.1. The van der Waals surface area contributed by atoms with Crippen molar-refractivity contribution in [3.05, 3.63) is 57.5 Å². The van der Waals surface area contributed by atoms with Crippen LogP contribution in [0.2, 0.25) is 0 Å². The molecule has 0 aliphatic carbocycles. The Morgan fingerprint density at radius 2 is 2.12 bits per heavy atom. The molecule has 124 valence electrons. The summed E-state index contributed by atoms with van der Waals surface area (Å²) < 4.78 is 1.14. The normalized spacial score (nSPS) is 10.8. The van der Waals surface area contributed by atoms with Gasteiger partial charge in [0.15, 0.2) is 0 Å². The van der Waals surface area contributed by atoms with Crippen molar-refractivity contribution in [3.8, 4) is 0 Å². The Kier molecular flexibility index (Phi) is 4.35. The highest BCUT2D eigenvalue weighted by Crippen LogP contribution is 2.20. The molecule has 0 unspecified atom stereocenters. The number of aromatic nitrogens is 2. The Balaban J connectivity index is 1.92. The summed E-state index contributed by atoms with van der Waals surface area (Å²) in [6.07, 6.45) is 2.21. The van der Waals surface area contributed by atoms with E-state index in [-0.39, 0.29) is 11.5 Å². The first kappa shape index (κ1) is 16.2. The molecule has 0 aliphatic heterocycles. The number of carbonyl (C=O) groups is 1. The maximum Gasteiger partial charge on any atom is 0.280 e.